The first-order chi connectivity index (χ1) is 13.9. The summed E-state index contributed by atoms with van der Waals surface area (Å²) < 4.78 is 27.4. The molecule has 29 heavy (non-hydrogen) atoms. The summed E-state index contributed by atoms with van der Waals surface area (Å²) in [7, 11) is 0. The Morgan fingerprint density at radius 1 is 1.21 bits per heavy atom. The lowest BCUT2D eigenvalue weighted by Gasteiger charge is -2.04. The highest BCUT2D eigenvalue weighted by atomic mass is 32.1. The van der Waals surface area contributed by atoms with Crippen molar-refractivity contribution < 1.29 is 23.5 Å². The van der Waals surface area contributed by atoms with Crippen LogP contribution in [0, 0.1) is 18.6 Å². The number of rotatable bonds is 7. The number of carbonyl (C=O) groups is 2. The zero-order valence-electron chi connectivity index (χ0n) is 15.2. The molecular formula is C18H16F2N4O3S2. The Morgan fingerprint density at radius 3 is 2.62 bits per heavy atom. The predicted octanol–water partition coefficient (Wildman–Crippen LogP) is 2.76. The number of aromatic nitrogens is 2. The molecule has 0 saturated heterocycles. The zero-order valence-corrected chi connectivity index (χ0v) is 16.8. The highest BCUT2D eigenvalue weighted by Crippen LogP contribution is 2.32. The molecule has 0 unspecified atom stereocenters. The molecule has 0 bridgehead atoms. The molecule has 0 saturated carbocycles. The molecule has 0 radical (unpaired) electrons. The van der Waals surface area contributed by atoms with Gasteiger partial charge in [0.2, 0.25) is 5.91 Å². The average molecular weight is 438 g/mol. The van der Waals surface area contributed by atoms with Crippen LogP contribution in [0.3, 0.4) is 0 Å². The number of thiazole rings is 2. The molecule has 0 fully saturated rings. The van der Waals surface area contributed by atoms with Crippen molar-refractivity contribution in [1.82, 2.24) is 15.3 Å². The topological polar surface area (TPSA) is 104 Å². The van der Waals surface area contributed by atoms with Crippen molar-refractivity contribution in [1.29, 1.82) is 0 Å². The van der Waals surface area contributed by atoms with Gasteiger partial charge in [0.15, 0.2) is 5.13 Å². The average Bonchev–Trinajstić information content (AvgIpc) is 3.29. The molecule has 2 aromatic heterocycles. The number of hydrogen-bond acceptors (Lipinski definition) is 7. The molecule has 2 heterocycles. The minimum Gasteiger partial charge on any atom is -0.395 e. The molecule has 2 amide bonds. The SMILES string of the molecule is Cc1nc(C(=O)NCCO)c(-c2csc(NC(=O)Cc3c(F)cccc3F)n2)s1. The number of aliphatic hydroxyl groups is 1. The number of nitrogens with one attached hydrogen (secondary N) is 2. The van der Waals surface area contributed by atoms with Crippen molar-refractivity contribution in [2.24, 2.45) is 0 Å². The second kappa shape index (κ2) is 9.16. The van der Waals surface area contributed by atoms with E-state index in [0.29, 0.717) is 15.6 Å². The third-order valence-corrected chi connectivity index (χ3v) is 5.48. The van der Waals surface area contributed by atoms with E-state index in [1.165, 1.54) is 17.4 Å². The third-order valence-electron chi connectivity index (χ3n) is 3.73. The van der Waals surface area contributed by atoms with Crippen LogP contribution in [0.2, 0.25) is 0 Å². The molecule has 1 aromatic carbocycles. The highest BCUT2D eigenvalue weighted by Gasteiger charge is 2.21. The van der Waals surface area contributed by atoms with Gasteiger partial charge in [-0.1, -0.05) is 6.07 Å². The Labute approximate surface area is 172 Å². The molecule has 11 heteroatoms. The second-order valence-corrected chi connectivity index (χ2v) is 7.91. The lowest BCUT2D eigenvalue weighted by molar-refractivity contribution is -0.115. The minimum atomic E-state index is -0.793. The maximum Gasteiger partial charge on any atom is 0.271 e. The summed E-state index contributed by atoms with van der Waals surface area (Å²) in [6, 6.07) is 3.40. The second-order valence-electron chi connectivity index (χ2n) is 5.85. The summed E-state index contributed by atoms with van der Waals surface area (Å²) in [4.78, 5) is 33.4. The molecule has 7 nitrogen and oxygen atoms in total. The normalized spacial score (nSPS) is 10.8. The van der Waals surface area contributed by atoms with Crippen LogP contribution < -0.4 is 10.6 Å². The highest BCUT2D eigenvalue weighted by molar-refractivity contribution is 7.17. The number of aliphatic hydroxyl groups excluding tert-OH is 1. The molecule has 0 aliphatic heterocycles. The first-order valence-corrected chi connectivity index (χ1v) is 10.1. The molecule has 0 aliphatic carbocycles. The van der Waals surface area contributed by atoms with Gasteiger partial charge in [-0.2, -0.15) is 0 Å². The number of amides is 2. The van der Waals surface area contributed by atoms with Gasteiger partial charge < -0.3 is 15.7 Å². The zero-order chi connectivity index (χ0) is 21.0. The van der Waals surface area contributed by atoms with E-state index in [0.717, 1.165) is 23.5 Å². The largest absolute Gasteiger partial charge is 0.395 e. The van der Waals surface area contributed by atoms with E-state index < -0.39 is 29.9 Å². The summed E-state index contributed by atoms with van der Waals surface area (Å²) in [5.74, 6) is -2.64. The molecule has 3 N–H and O–H groups in total. The Balaban J connectivity index is 1.75. The Bertz CT molecular complexity index is 1030. The van der Waals surface area contributed by atoms with Gasteiger partial charge in [0.25, 0.3) is 5.91 Å². The minimum absolute atomic E-state index is 0.0970. The van der Waals surface area contributed by atoms with Gasteiger partial charge in [-0.3, -0.25) is 9.59 Å². The summed E-state index contributed by atoms with van der Waals surface area (Å²) in [5, 5.41) is 16.4. The standard InChI is InChI=1S/C18H16F2N4O3S2/c1-9-22-15(17(27)21-5-6-25)16(29-9)13-8-28-18(23-13)24-14(26)7-10-11(19)3-2-4-12(10)20/h2-4,8,25H,5-7H2,1H3,(H,21,27)(H,23,24,26). The summed E-state index contributed by atoms with van der Waals surface area (Å²) in [6.07, 6.45) is -0.470. The number of hydrogen-bond donors (Lipinski definition) is 3. The van der Waals surface area contributed by atoms with Crippen LogP contribution >= 0.6 is 22.7 Å². The maximum absolute atomic E-state index is 13.7. The number of anilines is 1. The van der Waals surface area contributed by atoms with E-state index in [1.54, 1.807) is 12.3 Å². The predicted molar refractivity (Wildman–Crippen MR) is 106 cm³/mol. The van der Waals surface area contributed by atoms with Gasteiger partial charge in [0.1, 0.15) is 17.3 Å². The Morgan fingerprint density at radius 2 is 1.93 bits per heavy atom. The van der Waals surface area contributed by atoms with E-state index in [2.05, 4.69) is 20.6 Å². The van der Waals surface area contributed by atoms with E-state index >= 15 is 0 Å². The lowest BCUT2D eigenvalue weighted by Crippen LogP contribution is -2.27. The van der Waals surface area contributed by atoms with E-state index in [9.17, 15) is 18.4 Å². The van der Waals surface area contributed by atoms with Crippen LogP contribution in [0.4, 0.5) is 13.9 Å². The van der Waals surface area contributed by atoms with Crippen molar-refractivity contribution in [2.75, 3.05) is 18.5 Å². The number of benzene rings is 1. The van der Waals surface area contributed by atoms with E-state index in [1.807, 2.05) is 0 Å². The summed E-state index contributed by atoms with van der Waals surface area (Å²) >= 11 is 2.38. The fraction of sp³-hybridized carbons (Fsp3) is 0.222. The Hall–Kier alpha value is -2.76. The fourth-order valence-corrected chi connectivity index (χ4v) is 4.14. The first kappa shape index (κ1) is 21.0. The van der Waals surface area contributed by atoms with Gasteiger partial charge in [-0.15, -0.1) is 22.7 Å². The molecule has 3 aromatic rings. The lowest BCUT2D eigenvalue weighted by atomic mass is 10.1. The number of halogens is 2. The molecular weight excluding hydrogens is 422 g/mol. The third kappa shape index (κ3) is 5.00. The summed E-state index contributed by atoms with van der Waals surface area (Å²) in [6.45, 7) is 1.65. The fourth-order valence-electron chi connectivity index (χ4n) is 2.47. The Kier molecular flexibility index (Phi) is 6.62. The number of carbonyl (C=O) groups excluding carboxylic acids is 2. The van der Waals surface area contributed by atoms with E-state index in [4.69, 9.17) is 5.11 Å². The molecule has 152 valence electrons. The van der Waals surface area contributed by atoms with Crippen LogP contribution in [-0.2, 0) is 11.2 Å². The number of aryl methyl sites for hydroxylation is 1. The van der Waals surface area contributed by atoms with Gasteiger partial charge in [-0.05, 0) is 19.1 Å². The monoisotopic (exact) mass is 438 g/mol. The molecule has 0 spiro atoms. The van der Waals surface area contributed by atoms with Crippen molar-refractivity contribution in [2.45, 2.75) is 13.3 Å². The van der Waals surface area contributed by atoms with Gasteiger partial charge in [0.05, 0.1) is 28.6 Å². The molecule has 0 atom stereocenters. The van der Waals surface area contributed by atoms with Crippen molar-refractivity contribution in [3.05, 3.63) is 51.5 Å². The molecule has 0 aliphatic rings. The first-order valence-electron chi connectivity index (χ1n) is 8.44. The van der Waals surface area contributed by atoms with Crippen LogP contribution in [0.25, 0.3) is 10.6 Å². The van der Waals surface area contributed by atoms with Gasteiger partial charge >= 0.3 is 0 Å². The maximum atomic E-state index is 13.7. The van der Waals surface area contributed by atoms with E-state index in [-0.39, 0.29) is 29.5 Å². The van der Waals surface area contributed by atoms with Crippen molar-refractivity contribution in [3.8, 4) is 10.6 Å². The molecule has 3 rings (SSSR count). The van der Waals surface area contributed by atoms with Crippen molar-refractivity contribution >= 4 is 39.6 Å². The number of nitrogens with zero attached hydrogens (tertiary/aromatic N) is 2. The van der Waals surface area contributed by atoms with Crippen LogP contribution in [0.5, 0.6) is 0 Å². The summed E-state index contributed by atoms with van der Waals surface area (Å²) in [5.41, 5.74) is 0.308. The van der Waals surface area contributed by atoms with Crippen LogP contribution in [0.1, 0.15) is 21.1 Å². The quantitative estimate of drug-likeness (QED) is 0.526. The van der Waals surface area contributed by atoms with Gasteiger partial charge in [0, 0.05) is 17.5 Å². The van der Waals surface area contributed by atoms with Crippen LogP contribution in [0.15, 0.2) is 23.6 Å². The van der Waals surface area contributed by atoms with Crippen LogP contribution in [-0.4, -0.2) is 40.0 Å². The van der Waals surface area contributed by atoms with Crippen molar-refractivity contribution in [3.63, 3.8) is 0 Å². The van der Waals surface area contributed by atoms with Gasteiger partial charge in [-0.25, -0.2) is 18.7 Å². The smallest absolute Gasteiger partial charge is 0.271 e.